The zero-order valence-electron chi connectivity index (χ0n) is 54.2. The molecule has 0 radical (unpaired) electrons. The van der Waals surface area contributed by atoms with Gasteiger partial charge in [-0.05, 0) is 50.1 Å². The lowest BCUT2D eigenvalue weighted by Crippen LogP contribution is -2.64. The van der Waals surface area contributed by atoms with Gasteiger partial charge in [-0.2, -0.15) is 0 Å². The molecule has 9 aromatic carbocycles. The third kappa shape index (κ3) is 20.0. The Bertz CT molecular complexity index is 3600. The molecule has 3 saturated heterocycles. The van der Waals surface area contributed by atoms with Crippen molar-refractivity contribution in [2.75, 3.05) is 19.8 Å². The van der Waals surface area contributed by atoms with Gasteiger partial charge in [-0.15, -0.1) is 0 Å². The second kappa shape index (κ2) is 36.8. The van der Waals surface area contributed by atoms with Gasteiger partial charge < -0.3 is 76.5 Å². The lowest BCUT2D eigenvalue weighted by molar-refractivity contribution is -0.360. The first kappa shape index (κ1) is 69.2. The topological polar surface area (TPSA) is 170 Å². The molecule has 0 unspecified atom stereocenters. The SMILES string of the molecule is OC[C@H]1O[C@H](OC[C@H]2O[C@H](OC[C@H]3O[C@H](O)[C@@H](OCc4ccccc4)[C@@H](OCc4ccccc4)[C@@H]3OCc3ccccc3)[C@@H](OCc3ccccc3)[C@@H](OCc3ccccc3)[C@@H]2OCc2ccccc2)[C@@H](OCc2ccccc2)[C@@H](OCc2ccccc2)[C@@H]1OCc1ccccc1. The third-order valence-electron chi connectivity index (χ3n) is 17.4. The Hall–Kier alpha value is -7.66. The Balaban J connectivity index is 0.903. The number of rotatable bonds is 34. The largest absolute Gasteiger partial charge is 0.394 e. The van der Waals surface area contributed by atoms with Crippen molar-refractivity contribution in [2.45, 2.75) is 152 Å². The average molecular weight is 1320 g/mol. The van der Waals surface area contributed by atoms with Gasteiger partial charge >= 0.3 is 0 Å². The van der Waals surface area contributed by atoms with Crippen molar-refractivity contribution in [3.8, 4) is 0 Å². The zero-order valence-corrected chi connectivity index (χ0v) is 54.2. The van der Waals surface area contributed by atoms with E-state index in [-0.39, 0.29) is 72.7 Å². The summed E-state index contributed by atoms with van der Waals surface area (Å²) in [6.45, 7) is 0.698. The summed E-state index contributed by atoms with van der Waals surface area (Å²) in [5.41, 5.74) is 8.20. The molecule has 3 fully saturated rings. The minimum Gasteiger partial charge on any atom is -0.394 e. The predicted octanol–water partition coefficient (Wildman–Crippen LogP) is 12.4. The quantitative estimate of drug-likeness (QED) is 0.0390. The summed E-state index contributed by atoms with van der Waals surface area (Å²) in [5.74, 6) is 0. The van der Waals surface area contributed by atoms with Crippen LogP contribution in [0.3, 0.4) is 0 Å². The van der Waals surface area contributed by atoms with Crippen LogP contribution in [0.4, 0.5) is 0 Å². The van der Waals surface area contributed by atoms with E-state index in [1.165, 1.54) is 0 Å². The van der Waals surface area contributed by atoms with Gasteiger partial charge in [0.25, 0.3) is 0 Å². The van der Waals surface area contributed by atoms with Gasteiger partial charge in [0.2, 0.25) is 0 Å². The van der Waals surface area contributed by atoms with E-state index in [2.05, 4.69) is 0 Å². The number of ether oxygens (including phenoxy) is 14. The van der Waals surface area contributed by atoms with E-state index in [1.54, 1.807) is 0 Å². The smallest absolute Gasteiger partial charge is 0.187 e. The maximum Gasteiger partial charge on any atom is 0.187 e. The first-order valence-electron chi connectivity index (χ1n) is 33.4. The highest BCUT2D eigenvalue weighted by atomic mass is 16.8. The van der Waals surface area contributed by atoms with Crippen LogP contribution in [0.2, 0.25) is 0 Å². The summed E-state index contributed by atoms with van der Waals surface area (Å²) < 4.78 is 97.8. The molecular weight excluding hydrogens is 1230 g/mol. The Labute approximate surface area is 568 Å². The Morgan fingerprint density at radius 1 is 0.216 bits per heavy atom. The lowest BCUT2D eigenvalue weighted by atomic mass is 9.96. The molecule has 12 rings (SSSR count). The van der Waals surface area contributed by atoms with Crippen LogP contribution in [-0.2, 0) is 126 Å². The van der Waals surface area contributed by atoms with Crippen molar-refractivity contribution in [1.82, 2.24) is 0 Å². The molecule has 0 saturated carbocycles. The molecule has 0 amide bonds. The van der Waals surface area contributed by atoms with E-state index in [0.29, 0.717) is 0 Å². The Morgan fingerprint density at radius 3 is 0.670 bits per heavy atom. The molecule has 2 N–H and O–H groups in total. The van der Waals surface area contributed by atoms with Gasteiger partial charge in [-0.1, -0.05) is 273 Å². The normalized spacial score (nSPS) is 25.7. The highest BCUT2D eigenvalue weighted by Crippen LogP contribution is 2.37. The minimum atomic E-state index is -1.50. The molecule has 0 aliphatic carbocycles. The number of hydrogen-bond donors (Lipinski definition) is 2. The second-order valence-corrected chi connectivity index (χ2v) is 24.4. The molecule has 9 aromatic rings. The fraction of sp³-hybridized carbons (Fsp3) is 0.333. The van der Waals surface area contributed by atoms with Gasteiger partial charge in [0, 0.05) is 0 Å². The summed E-state index contributed by atoms with van der Waals surface area (Å²) >= 11 is 0. The molecule has 3 aliphatic heterocycles. The number of benzene rings is 9. The molecule has 3 heterocycles. The molecule has 16 nitrogen and oxygen atoms in total. The standard InChI is InChI=1S/C81H86O16/c82-46-67-70(84-47-58-28-10-1-11-29-58)74(88-51-62-36-18-5-19-37-62)77(91-54-65-42-24-8-25-43-65)80(96-67)94-57-69-72(86-49-60-32-14-3-15-33-60)75(89-52-63-38-20-6-21-39-63)78(92-55-66-44-26-9-27-45-66)81(97-69)93-56-68-71(85-48-59-30-12-2-13-31-59)73(87-50-61-34-16-4-17-35-61)76(79(83)95-68)90-53-64-40-22-7-23-41-64/h1-45,67-83H,46-57H2/t67-,68-,69-,70-,71-,72-,73+,74+,75+,76+,77+,78+,79+,80+,81+/m1/s1. The van der Waals surface area contributed by atoms with Gasteiger partial charge in [0.15, 0.2) is 18.9 Å². The maximum atomic E-state index is 12.3. The fourth-order valence-corrected chi connectivity index (χ4v) is 12.3. The first-order valence-corrected chi connectivity index (χ1v) is 33.4. The number of hydrogen-bond acceptors (Lipinski definition) is 16. The third-order valence-corrected chi connectivity index (χ3v) is 17.4. The Kier molecular flexibility index (Phi) is 26.3. The van der Waals surface area contributed by atoms with Crippen LogP contribution in [0.1, 0.15) is 50.1 Å². The summed E-state index contributed by atoms with van der Waals surface area (Å²) in [4.78, 5) is 0. The van der Waals surface area contributed by atoms with E-state index in [4.69, 9.17) is 66.3 Å². The van der Waals surface area contributed by atoms with Gasteiger partial charge in [0.1, 0.15) is 73.2 Å². The average Bonchev–Trinajstić information content (AvgIpc) is 0.805. The van der Waals surface area contributed by atoms with Crippen molar-refractivity contribution in [2.24, 2.45) is 0 Å². The highest BCUT2D eigenvalue weighted by Gasteiger charge is 2.54. The van der Waals surface area contributed by atoms with Crippen molar-refractivity contribution < 1.29 is 76.5 Å². The molecular formula is C81H86O16. The van der Waals surface area contributed by atoms with Crippen LogP contribution < -0.4 is 0 Å². The molecule has 97 heavy (non-hydrogen) atoms. The van der Waals surface area contributed by atoms with Gasteiger partial charge in [-0.3, -0.25) is 0 Å². The molecule has 506 valence electrons. The summed E-state index contributed by atoms with van der Waals surface area (Å²) in [6, 6.07) is 88.6. The summed E-state index contributed by atoms with van der Waals surface area (Å²) in [6.07, 6.45) is -15.1. The minimum absolute atomic E-state index is 0.139. The van der Waals surface area contributed by atoms with Crippen LogP contribution in [0.25, 0.3) is 0 Å². The maximum absolute atomic E-state index is 12.3. The van der Waals surface area contributed by atoms with E-state index in [0.717, 1.165) is 50.1 Å². The molecule has 0 aromatic heterocycles. The van der Waals surface area contributed by atoms with Crippen molar-refractivity contribution in [1.29, 1.82) is 0 Å². The van der Waals surface area contributed by atoms with Crippen molar-refractivity contribution >= 4 is 0 Å². The fourth-order valence-electron chi connectivity index (χ4n) is 12.3. The Morgan fingerprint density at radius 2 is 0.412 bits per heavy atom. The molecule has 0 spiro atoms. The molecule has 0 bridgehead atoms. The monoisotopic (exact) mass is 1310 g/mol. The van der Waals surface area contributed by atoms with Crippen LogP contribution in [-0.4, -0.2) is 122 Å². The summed E-state index contributed by atoms with van der Waals surface area (Å²) in [7, 11) is 0. The van der Waals surface area contributed by atoms with Crippen LogP contribution in [0.15, 0.2) is 273 Å². The van der Waals surface area contributed by atoms with E-state index >= 15 is 0 Å². The van der Waals surface area contributed by atoms with Gasteiger partial charge in [0.05, 0.1) is 79.3 Å². The van der Waals surface area contributed by atoms with Crippen molar-refractivity contribution in [3.05, 3.63) is 323 Å². The van der Waals surface area contributed by atoms with Crippen LogP contribution in [0, 0.1) is 0 Å². The zero-order chi connectivity index (χ0) is 66.1. The highest BCUT2D eigenvalue weighted by molar-refractivity contribution is 5.21. The van der Waals surface area contributed by atoms with Crippen LogP contribution in [0.5, 0.6) is 0 Å². The number of aliphatic hydroxyl groups excluding tert-OH is 2. The van der Waals surface area contributed by atoms with Gasteiger partial charge in [-0.25, -0.2) is 0 Å². The predicted molar refractivity (Wildman–Crippen MR) is 362 cm³/mol. The van der Waals surface area contributed by atoms with E-state index in [9.17, 15) is 10.2 Å². The van der Waals surface area contributed by atoms with E-state index in [1.807, 2.05) is 273 Å². The molecule has 15 atom stereocenters. The first-order chi connectivity index (χ1) is 48.0. The molecule has 16 heteroatoms. The summed E-state index contributed by atoms with van der Waals surface area (Å²) in [5, 5.41) is 23.7. The number of aliphatic hydroxyl groups is 2. The molecule has 3 aliphatic rings. The lowest BCUT2D eigenvalue weighted by Gasteiger charge is -2.48. The second-order valence-electron chi connectivity index (χ2n) is 24.4. The van der Waals surface area contributed by atoms with E-state index < -0.39 is 98.7 Å². The van der Waals surface area contributed by atoms with Crippen LogP contribution >= 0.6 is 0 Å². The van der Waals surface area contributed by atoms with Crippen molar-refractivity contribution in [3.63, 3.8) is 0 Å².